The molecule has 1 aliphatic carbocycles. The molecule has 2 saturated heterocycles. The second-order valence-electron chi connectivity index (χ2n) is 7.12. The summed E-state index contributed by atoms with van der Waals surface area (Å²) in [4.78, 5) is 17.8. The number of carbonyl (C=O) groups excluding carboxylic acids is 1. The number of aromatic nitrogens is 1. The zero-order valence-electron chi connectivity index (χ0n) is 14.4. The van der Waals surface area contributed by atoms with Crippen molar-refractivity contribution in [3.8, 4) is 5.88 Å². The highest BCUT2D eigenvalue weighted by atomic mass is 19.3. The van der Waals surface area contributed by atoms with Gasteiger partial charge in [0.1, 0.15) is 0 Å². The molecular weight excluding hydrogens is 349 g/mol. The molecule has 1 amide bonds. The van der Waals surface area contributed by atoms with Gasteiger partial charge < -0.3 is 20.3 Å². The molecule has 3 aliphatic rings. The van der Waals surface area contributed by atoms with Crippen LogP contribution in [0.15, 0.2) is 6.07 Å². The van der Waals surface area contributed by atoms with Gasteiger partial charge in [-0.25, -0.2) is 13.2 Å². The highest BCUT2D eigenvalue weighted by molar-refractivity contribution is 5.82. The van der Waals surface area contributed by atoms with E-state index < -0.39 is 23.6 Å². The molecule has 3 atom stereocenters. The number of fused-ring (bicyclic) bond motifs is 1. The van der Waals surface area contributed by atoms with Crippen LogP contribution in [-0.4, -0.2) is 49.6 Å². The van der Waals surface area contributed by atoms with Gasteiger partial charge >= 0.3 is 0 Å². The maximum atomic E-state index is 14.5. The Labute approximate surface area is 149 Å². The van der Waals surface area contributed by atoms with Gasteiger partial charge in [-0.1, -0.05) is 0 Å². The van der Waals surface area contributed by atoms with Crippen molar-refractivity contribution >= 4 is 11.7 Å². The molecule has 2 aliphatic heterocycles. The smallest absolute Gasteiger partial charge is 0.258 e. The Kier molecular flexibility index (Phi) is 4.21. The fraction of sp³-hybridized carbons (Fsp3) is 0.647. The molecule has 3 heterocycles. The van der Waals surface area contributed by atoms with E-state index in [2.05, 4.69) is 15.6 Å². The van der Waals surface area contributed by atoms with E-state index in [0.29, 0.717) is 5.56 Å². The van der Waals surface area contributed by atoms with E-state index in [1.807, 2.05) is 0 Å². The van der Waals surface area contributed by atoms with Gasteiger partial charge in [0.15, 0.2) is 11.6 Å². The van der Waals surface area contributed by atoms with E-state index in [9.17, 15) is 18.0 Å². The molecule has 1 saturated carbocycles. The maximum Gasteiger partial charge on any atom is 0.258 e. The van der Waals surface area contributed by atoms with E-state index >= 15 is 0 Å². The van der Waals surface area contributed by atoms with E-state index in [1.165, 1.54) is 18.1 Å². The summed E-state index contributed by atoms with van der Waals surface area (Å²) in [5.74, 6) is -4.59. The molecule has 142 valence electrons. The van der Waals surface area contributed by atoms with Gasteiger partial charge in [0, 0.05) is 25.2 Å². The van der Waals surface area contributed by atoms with Crippen LogP contribution in [0.2, 0.25) is 0 Å². The number of amides is 1. The Balaban J connectivity index is 1.45. The molecule has 1 aromatic rings. The molecule has 0 aromatic carbocycles. The number of hydrogen-bond acceptors (Lipinski definition) is 5. The number of rotatable bonds is 5. The van der Waals surface area contributed by atoms with Gasteiger partial charge in [0.05, 0.1) is 25.0 Å². The van der Waals surface area contributed by atoms with E-state index in [-0.39, 0.29) is 43.3 Å². The first-order valence-corrected chi connectivity index (χ1v) is 8.79. The van der Waals surface area contributed by atoms with Crippen molar-refractivity contribution in [2.24, 2.45) is 11.8 Å². The lowest BCUT2D eigenvalue weighted by molar-refractivity contribution is -0.122. The van der Waals surface area contributed by atoms with Crippen LogP contribution in [0.5, 0.6) is 5.88 Å². The zero-order valence-corrected chi connectivity index (χ0v) is 14.4. The number of methoxy groups -OCH3 is 1. The van der Waals surface area contributed by atoms with E-state index in [0.717, 1.165) is 19.4 Å². The summed E-state index contributed by atoms with van der Waals surface area (Å²) in [7, 11) is 1.41. The third kappa shape index (κ3) is 2.87. The third-order valence-corrected chi connectivity index (χ3v) is 5.52. The number of pyridine rings is 1. The predicted octanol–water partition coefficient (Wildman–Crippen LogP) is 1.30. The lowest BCUT2D eigenvalue weighted by Gasteiger charge is -2.22. The van der Waals surface area contributed by atoms with Crippen LogP contribution < -0.4 is 20.3 Å². The number of nitrogens with one attached hydrogen (secondary N) is 2. The first kappa shape index (κ1) is 17.4. The zero-order chi connectivity index (χ0) is 18.5. The van der Waals surface area contributed by atoms with Crippen molar-refractivity contribution < 1.29 is 22.7 Å². The van der Waals surface area contributed by atoms with Crippen LogP contribution in [0.4, 0.5) is 19.0 Å². The van der Waals surface area contributed by atoms with Crippen LogP contribution >= 0.6 is 0 Å². The van der Waals surface area contributed by atoms with Gasteiger partial charge in [-0.2, -0.15) is 4.98 Å². The summed E-state index contributed by atoms with van der Waals surface area (Å²) in [6.45, 7) is 1.08. The average molecular weight is 370 g/mol. The molecule has 0 bridgehead atoms. The first-order valence-electron chi connectivity index (χ1n) is 8.79. The molecule has 0 radical (unpaired) electrons. The van der Waals surface area contributed by atoms with Crippen LogP contribution in [-0.2, 0) is 11.3 Å². The van der Waals surface area contributed by atoms with Crippen molar-refractivity contribution in [3.63, 3.8) is 0 Å². The molecule has 3 unspecified atom stereocenters. The van der Waals surface area contributed by atoms with Crippen molar-refractivity contribution in [1.82, 2.24) is 15.6 Å². The van der Waals surface area contributed by atoms with E-state index in [1.54, 1.807) is 0 Å². The molecule has 1 aromatic heterocycles. The lowest BCUT2D eigenvalue weighted by Crippen LogP contribution is -2.40. The summed E-state index contributed by atoms with van der Waals surface area (Å²) in [6.07, 6.45) is 1.72. The van der Waals surface area contributed by atoms with Gasteiger partial charge in [-0.15, -0.1) is 0 Å². The number of ether oxygens (including phenoxy) is 1. The van der Waals surface area contributed by atoms with E-state index in [4.69, 9.17) is 4.74 Å². The quantitative estimate of drug-likeness (QED) is 0.818. The van der Waals surface area contributed by atoms with Gasteiger partial charge in [0.25, 0.3) is 5.92 Å². The first-order chi connectivity index (χ1) is 12.4. The number of anilines is 1. The number of hydrogen-bond donors (Lipinski definition) is 2. The largest absolute Gasteiger partial charge is 0.481 e. The Morgan fingerprint density at radius 1 is 1.46 bits per heavy atom. The standard InChI is InChI=1S/C17H21F3N4O2/c1-26-16-9(6-22-15(25)13-3-2-4-21-13)5-12(18)14(23-16)24-7-10-11(8-24)17(10,19)20/h5,10-11,13,21H,2-4,6-8H2,1H3,(H,22,25). The summed E-state index contributed by atoms with van der Waals surface area (Å²) in [5, 5.41) is 5.85. The van der Waals surface area contributed by atoms with Crippen LogP contribution in [0.3, 0.4) is 0 Å². The fourth-order valence-corrected chi connectivity index (χ4v) is 3.92. The molecule has 4 rings (SSSR count). The van der Waals surface area contributed by atoms with Crippen molar-refractivity contribution in [2.75, 3.05) is 31.6 Å². The second kappa shape index (κ2) is 6.29. The minimum Gasteiger partial charge on any atom is -0.481 e. The highest BCUT2D eigenvalue weighted by Crippen LogP contribution is 2.59. The molecular formula is C17H21F3N4O2. The Morgan fingerprint density at radius 3 is 2.81 bits per heavy atom. The molecule has 26 heavy (non-hydrogen) atoms. The van der Waals surface area contributed by atoms with Crippen molar-refractivity contribution in [2.45, 2.75) is 31.4 Å². The van der Waals surface area contributed by atoms with Crippen LogP contribution in [0.1, 0.15) is 18.4 Å². The van der Waals surface area contributed by atoms with Gasteiger partial charge in [0.2, 0.25) is 11.8 Å². The number of piperidine rings is 1. The number of halogens is 3. The monoisotopic (exact) mass is 370 g/mol. The topological polar surface area (TPSA) is 66.5 Å². The number of nitrogens with zero attached hydrogens (tertiary/aromatic N) is 2. The normalized spacial score (nSPS) is 28.8. The van der Waals surface area contributed by atoms with Crippen LogP contribution in [0, 0.1) is 17.7 Å². The Bertz CT molecular complexity index is 710. The van der Waals surface area contributed by atoms with Crippen molar-refractivity contribution in [3.05, 3.63) is 17.4 Å². The lowest BCUT2D eigenvalue weighted by atomic mass is 10.2. The van der Waals surface area contributed by atoms with Gasteiger partial charge in [-0.05, 0) is 25.5 Å². The summed E-state index contributed by atoms with van der Waals surface area (Å²) < 4.78 is 46.4. The molecule has 2 N–H and O–H groups in total. The highest BCUT2D eigenvalue weighted by Gasteiger charge is 2.72. The molecule has 0 spiro atoms. The average Bonchev–Trinajstić information content (AvgIpc) is 3.12. The Morgan fingerprint density at radius 2 is 2.19 bits per heavy atom. The number of carbonyl (C=O) groups is 1. The van der Waals surface area contributed by atoms with Crippen molar-refractivity contribution in [1.29, 1.82) is 0 Å². The maximum absolute atomic E-state index is 14.5. The molecule has 3 fully saturated rings. The Hall–Kier alpha value is -2.03. The molecule has 6 nitrogen and oxygen atoms in total. The minimum atomic E-state index is -2.63. The van der Waals surface area contributed by atoms with Gasteiger partial charge in [-0.3, -0.25) is 4.79 Å². The predicted molar refractivity (Wildman–Crippen MR) is 87.8 cm³/mol. The number of alkyl halides is 2. The SMILES string of the molecule is COc1nc(N2CC3C(C2)C3(F)F)c(F)cc1CNC(=O)C1CCCN1. The third-order valence-electron chi connectivity index (χ3n) is 5.52. The molecule has 9 heteroatoms. The second-order valence-corrected chi connectivity index (χ2v) is 7.12. The summed E-state index contributed by atoms with van der Waals surface area (Å²) in [5.41, 5.74) is 0.412. The van der Waals surface area contributed by atoms with Crippen LogP contribution in [0.25, 0.3) is 0 Å². The fourth-order valence-electron chi connectivity index (χ4n) is 3.92. The summed E-state index contributed by atoms with van der Waals surface area (Å²) >= 11 is 0. The minimum absolute atomic E-state index is 0.0254. The summed E-state index contributed by atoms with van der Waals surface area (Å²) in [6, 6.07) is 1.03.